The summed E-state index contributed by atoms with van der Waals surface area (Å²) in [4.78, 5) is 4.56. The van der Waals surface area contributed by atoms with Crippen LogP contribution in [0.2, 0.25) is 0 Å². The largest absolute Gasteiger partial charge is 0.370 e. The molecule has 3 aromatic rings. The number of aromatic nitrogens is 4. The van der Waals surface area contributed by atoms with E-state index in [0.717, 1.165) is 37.0 Å². The second kappa shape index (κ2) is 6.72. The zero-order valence-electron chi connectivity index (χ0n) is 14.7. The number of hydrogen-bond donors (Lipinski definition) is 2. The Kier molecular flexibility index (Phi) is 4.28. The molecule has 0 bridgehead atoms. The van der Waals surface area contributed by atoms with Gasteiger partial charge >= 0.3 is 0 Å². The molecule has 0 amide bonds. The van der Waals surface area contributed by atoms with Gasteiger partial charge in [-0.15, -0.1) is 0 Å². The molecule has 2 atom stereocenters. The maximum atomic E-state index is 4.56. The van der Waals surface area contributed by atoms with Gasteiger partial charge in [-0.1, -0.05) is 30.3 Å². The molecular weight excluding hydrogens is 312 g/mol. The molecule has 1 aliphatic heterocycles. The average molecular weight is 336 g/mol. The summed E-state index contributed by atoms with van der Waals surface area (Å²) in [5.74, 6) is 2.64. The minimum absolute atomic E-state index is 0.0851. The lowest BCUT2D eigenvalue weighted by atomic mass is 10.0. The predicted molar refractivity (Wildman–Crippen MR) is 98.4 cm³/mol. The van der Waals surface area contributed by atoms with E-state index in [9.17, 15) is 0 Å². The molecule has 2 aromatic heterocycles. The van der Waals surface area contributed by atoms with Crippen LogP contribution < -0.4 is 10.6 Å². The molecule has 0 unspecified atom stereocenters. The zero-order valence-corrected chi connectivity index (χ0v) is 14.7. The minimum atomic E-state index is 0.0851. The van der Waals surface area contributed by atoms with Crippen molar-refractivity contribution in [3.05, 3.63) is 65.9 Å². The van der Waals surface area contributed by atoms with Gasteiger partial charge in [0.15, 0.2) is 0 Å². The fraction of sp³-hybridized carbons (Fsp3) is 0.368. The molecule has 1 aromatic carbocycles. The van der Waals surface area contributed by atoms with Crippen LogP contribution in [0.25, 0.3) is 0 Å². The molecule has 25 heavy (non-hydrogen) atoms. The van der Waals surface area contributed by atoms with Crippen molar-refractivity contribution in [3.8, 4) is 0 Å². The number of anilines is 1. The SMILES string of the molecule is Cc1cc2n(n1)C[C@H](CN[C@@H](c1ccccc1)c1nccn1C)CN2. The third kappa shape index (κ3) is 3.30. The molecule has 0 radical (unpaired) electrons. The maximum Gasteiger partial charge on any atom is 0.130 e. The number of aryl methyl sites for hydroxylation is 2. The quantitative estimate of drug-likeness (QED) is 0.751. The van der Waals surface area contributed by atoms with E-state index in [4.69, 9.17) is 0 Å². The number of imidazole rings is 1. The number of rotatable bonds is 5. The summed E-state index contributed by atoms with van der Waals surface area (Å²) in [7, 11) is 2.04. The molecule has 4 rings (SSSR count). The Morgan fingerprint density at radius 2 is 2.16 bits per heavy atom. The molecule has 1 aliphatic rings. The number of nitrogens with one attached hydrogen (secondary N) is 2. The van der Waals surface area contributed by atoms with Gasteiger partial charge in [0.2, 0.25) is 0 Å². The number of hydrogen-bond acceptors (Lipinski definition) is 4. The van der Waals surface area contributed by atoms with Crippen LogP contribution in [0.1, 0.15) is 23.1 Å². The molecule has 2 N–H and O–H groups in total. The van der Waals surface area contributed by atoms with Gasteiger partial charge in [-0.25, -0.2) is 9.67 Å². The van der Waals surface area contributed by atoms with E-state index in [1.165, 1.54) is 5.56 Å². The molecule has 6 nitrogen and oxygen atoms in total. The highest BCUT2D eigenvalue weighted by atomic mass is 15.3. The smallest absolute Gasteiger partial charge is 0.130 e. The second-order valence-electron chi connectivity index (χ2n) is 6.75. The lowest BCUT2D eigenvalue weighted by molar-refractivity contribution is 0.376. The van der Waals surface area contributed by atoms with Crippen molar-refractivity contribution in [3.63, 3.8) is 0 Å². The van der Waals surface area contributed by atoms with Crippen molar-refractivity contribution in [2.75, 3.05) is 18.4 Å². The van der Waals surface area contributed by atoms with Crippen molar-refractivity contribution in [1.82, 2.24) is 24.6 Å². The van der Waals surface area contributed by atoms with Gasteiger partial charge in [0, 0.05) is 51.1 Å². The van der Waals surface area contributed by atoms with Crippen LogP contribution in [0.15, 0.2) is 48.8 Å². The van der Waals surface area contributed by atoms with Crippen molar-refractivity contribution in [1.29, 1.82) is 0 Å². The van der Waals surface area contributed by atoms with Crippen LogP contribution in [-0.2, 0) is 13.6 Å². The molecule has 0 saturated heterocycles. The monoisotopic (exact) mass is 336 g/mol. The van der Waals surface area contributed by atoms with Crippen LogP contribution in [0.5, 0.6) is 0 Å². The Bertz CT molecular complexity index is 835. The number of benzene rings is 1. The Labute approximate surface area is 147 Å². The molecule has 0 aliphatic carbocycles. The van der Waals surface area contributed by atoms with Crippen molar-refractivity contribution < 1.29 is 0 Å². The second-order valence-corrected chi connectivity index (χ2v) is 6.75. The summed E-state index contributed by atoms with van der Waals surface area (Å²) in [6.07, 6.45) is 3.85. The fourth-order valence-electron chi connectivity index (χ4n) is 3.47. The summed E-state index contributed by atoms with van der Waals surface area (Å²) >= 11 is 0. The Hall–Kier alpha value is -2.60. The van der Waals surface area contributed by atoms with Crippen LogP contribution in [-0.4, -0.2) is 32.4 Å². The Morgan fingerprint density at radius 3 is 2.92 bits per heavy atom. The standard InChI is InChI=1S/C19H24N6/c1-14-10-17-21-11-15(13-25(17)23-14)12-22-18(16-6-4-3-5-7-16)19-20-8-9-24(19)2/h3-10,15,18,21-22H,11-13H2,1-2H3/t15-,18-/m0/s1. The molecule has 0 saturated carbocycles. The highest BCUT2D eigenvalue weighted by Gasteiger charge is 2.23. The molecular formula is C19H24N6. The van der Waals surface area contributed by atoms with Gasteiger partial charge in [-0.05, 0) is 12.5 Å². The normalized spacial score (nSPS) is 17.8. The first-order chi connectivity index (χ1) is 12.2. The van der Waals surface area contributed by atoms with Crippen molar-refractivity contribution in [2.24, 2.45) is 13.0 Å². The average Bonchev–Trinajstić information content (AvgIpc) is 3.20. The maximum absolute atomic E-state index is 4.56. The summed E-state index contributed by atoms with van der Waals surface area (Å²) in [5.41, 5.74) is 2.29. The molecule has 6 heteroatoms. The lowest BCUT2D eigenvalue weighted by Gasteiger charge is -2.27. The van der Waals surface area contributed by atoms with Gasteiger partial charge in [-0.2, -0.15) is 5.10 Å². The molecule has 3 heterocycles. The topological polar surface area (TPSA) is 59.7 Å². The van der Waals surface area contributed by atoms with Crippen LogP contribution >= 0.6 is 0 Å². The Morgan fingerprint density at radius 1 is 1.32 bits per heavy atom. The van der Waals surface area contributed by atoms with Crippen molar-refractivity contribution in [2.45, 2.75) is 19.5 Å². The summed E-state index contributed by atoms with van der Waals surface area (Å²) in [6, 6.07) is 12.7. The molecule has 0 fully saturated rings. The third-order valence-corrected chi connectivity index (χ3v) is 4.77. The van der Waals surface area contributed by atoms with Crippen LogP contribution in [0.3, 0.4) is 0 Å². The van der Waals surface area contributed by atoms with E-state index >= 15 is 0 Å². The van der Waals surface area contributed by atoms with Crippen LogP contribution in [0.4, 0.5) is 5.82 Å². The van der Waals surface area contributed by atoms with Gasteiger partial charge in [0.1, 0.15) is 11.6 Å². The van der Waals surface area contributed by atoms with Gasteiger partial charge < -0.3 is 15.2 Å². The zero-order chi connectivity index (χ0) is 17.2. The highest BCUT2D eigenvalue weighted by molar-refractivity contribution is 5.38. The third-order valence-electron chi connectivity index (χ3n) is 4.77. The first-order valence-electron chi connectivity index (χ1n) is 8.74. The highest BCUT2D eigenvalue weighted by Crippen LogP contribution is 2.22. The first kappa shape index (κ1) is 15.9. The summed E-state index contributed by atoms with van der Waals surface area (Å²) in [6.45, 7) is 4.83. The Balaban J connectivity index is 1.49. The van der Waals surface area contributed by atoms with E-state index in [1.807, 2.05) is 32.4 Å². The molecule has 130 valence electrons. The van der Waals surface area contributed by atoms with Gasteiger partial charge in [0.25, 0.3) is 0 Å². The summed E-state index contributed by atoms with van der Waals surface area (Å²) < 4.78 is 4.15. The fourth-order valence-corrected chi connectivity index (χ4v) is 3.47. The van der Waals surface area contributed by atoms with E-state index in [-0.39, 0.29) is 6.04 Å². The summed E-state index contributed by atoms with van der Waals surface area (Å²) in [5, 5.41) is 11.8. The van der Waals surface area contributed by atoms with E-state index < -0.39 is 0 Å². The number of nitrogens with zero attached hydrogens (tertiary/aromatic N) is 4. The van der Waals surface area contributed by atoms with E-state index in [1.54, 1.807) is 0 Å². The van der Waals surface area contributed by atoms with E-state index in [2.05, 4.69) is 60.3 Å². The van der Waals surface area contributed by atoms with Crippen LogP contribution in [0, 0.1) is 12.8 Å². The number of fused-ring (bicyclic) bond motifs is 1. The first-order valence-corrected chi connectivity index (χ1v) is 8.74. The van der Waals surface area contributed by atoms with Gasteiger partial charge in [-0.3, -0.25) is 0 Å². The lowest BCUT2D eigenvalue weighted by Crippen LogP contribution is -2.37. The van der Waals surface area contributed by atoms with Crippen molar-refractivity contribution >= 4 is 5.82 Å². The minimum Gasteiger partial charge on any atom is -0.370 e. The van der Waals surface area contributed by atoms with E-state index in [0.29, 0.717) is 5.92 Å². The molecule has 0 spiro atoms. The van der Waals surface area contributed by atoms with Gasteiger partial charge in [0.05, 0.1) is 11.7 Å². The predicted octanol–water partition coefficient (Wildman–Crippen LogP) is 2.35.